The zero-order valence-corrected chi connectivity index (χ0v) is 12.5. The van der Waals surface area contributed by atoms with Gasteiger partial charge in [-0.25, -0.2) is 0 Å². The summed E-state index contributed by atoms with van der Waals surface area (Å²) in [5.74, 6) is 1.24. The molecule has 1 aromatic heterocycles. The van der Waals surface area contributed by atoms with Crippen LogP contribution in [0.4, 0.5) is 10.7 Å². The number of ether oxygens (including phenoxy) is 1. The molecule has 2 rings (SSSR count). The number of nitrogens with zero attached hydrogens (tertiary/aromatic N) is 1. The summed E-state index contributed by atoms with van der Waals surface area (Å²) in [6.45, 7) is 4.25. The van der Waals surface area contributed by atoms with Crippen molar-refractivity contribution in [2.24, 2.45) is 5.92 Å². The molecule has 19 heavy (non-hydrogen) atoms. The van der Waals surface area contributed by atoms with Crippen LogP contribution in [0.1, 0.15) is 29.4 Å². The smallest absolute Gasteiger partial charge is 0.263 e. The molecule has 0 aromatic carbocycles. The molecule has 0 spiro atoms. The third-order valence-electron chi connectivity index (χ3n) is 3.59. The zero-order valence-electron chi connectivity index (χ0n) is 11.7. The third-order valence-corrected chi connectivity index (χ3v) is 4.84. The molecule has 0 saturated carbocycles. The van der Waals surface area contributed by atoms with Crippen molar-refractivity contribution in [3.63, 3.8) is 0 Å². The first-order valence-electron chi connectivity index (χ1n) is 6.51. The Kier molecular flexibility index (Phi) is 4.19. The molecule has 1 aliphatic rings. The molecule has 2 heterocycles. The number of nitrogens with one attached hydrogen (secondary N) is 1. The molecule has 1 fully saturated rings. The number of hydrogen-bond acceptors (Lipinski definition) is 5. The molecule has 1 saturated heterocycles. The van der Waals surface area contributed by atoms with E-state index in [9.17, 15) is 4.79 Å². The number of carbonyl (C=O) groups excluding carboxylic acids is 1. The first kappa shape index (κ1) is 14.0. The van der Waals surface area contributed by atoms with Gasteiger partial charge in [-0.3, -0.25) is 4.79 Å². The highest BCUT2D eigenvalue weighted by Crippen LogP contribution is 2.45. The van der Waals surface area contributed by atoms with E-state index in [1.165, 1.54) is 11.3 Å². The van der Waals surface area contributed by atoms with E-state index >= 15 is 0 Å². The molecule has 6 heteroatoms. The Labute approximate surface area is 117 Å². The van der Waals surface area contributed by atoms with Crippen LogP contribution in [-0.4, -0.2) is 33.2 Å². The maximum atomic E-state index is 11.8. The molecule has 3 N–H and O–H groups in total. The predicted octanol–water partition coefficient (Wildman–Crippen LogP) is 1.93. The topological polar surface area (TPSA) is 67.6 Å². The van der Waals surface area contributed by atoms with Gasteiger partial charge in [-0.2, -0.15) is 0 Å². The summed E-state index contributed by atoms with van der Waals surface area (Å²) in [5, 5.41) is 3.59. The van der Waals surface area contributed by atoms with E-state index < -0.39 is 0 Å². The Balaban J connectivity index is 2.32. The first-order chi connectivity index (χ1) is 9.08. The number of nitrogen functional groups attached to an aromatic ring is 1. The van der Waals surface area contributed by atoms with Crippen molar-refractivity contribution < 1.29 is 9.53 Å². The number of carbonyl (C=O) groups is 1. The van der Waals surface area contributed by atoms with E-state index in [0.717, 1.165) is 36.9 Å². The van der Waals surface area contributed by atoms with Gasteiger partial charge in [0.2, 0.25) is 0 Å². The zero-order chi connectivity index (χ0) is 14.0. The fourth-order valence-electron chi connectivity index (χ4n) is 2.32. The van der Waals surface area contributed by atoms with Crippen molar-refractivity contribution in [3.8, 4) is 5.75 Å². The number of methoxy groups -OCH3 is 1. The summed E-state index contributed by atoms with van der Waals surface area (Å²) in [7, 11) is 3.21. The second kappa shape index (κ2) is 5.69. The number of nitrogens with two attached hydrogens (primary N) is 1. The molecule has 0 radical (unpaired) electrons. The lowest BCUT2D eigenvalue weighted by Crippen LogP contribution is -2.32. The lowest BCUT2D eigenvalue weighted by atomic mass is 9.99. The Morgan fingerprint density at radius 3 is 2.63 bits per heavy atom. The molecule has 1 aliphatic heterocycles. The Hall–Kier alpha value is -1.43. The van der Waals surface area contributed by atoms with Crippen molar-refractivity contribution >= 4 is 27.9 Å². The van der Waals surface area contributed by atoms with Gasteiger partial charge in [0.15, 0.2) is 5.75 Å². The second-order valence-electron chi connectivity index (χ2n) is 4.93. The van der Waals surface area contributed by atoms with Crippen LogP contribution in [-0.2, 0) is 0 Å². The highest BCUT2D eigenvalue weighted by Gasteiger charge is 2.26. The van der Waals surface area contributed by atoms with Gasteiger partial charge in [-0.05, 0) is 18.8 Å². The van der Waals surface area contributed by atoms with E-state index in [1.54, 1.807) is 14.2 Å². The van der Waals surface area contributed by atoms with Crippen molar-refractivity contribution in [1.29, 1.82) is 0 Å². The average Bonchev–Trinajstić information content (AvgIpc) is 2.75. The van der Waals surface area contributed by atoms with Crippen molar-refractivity contribution in [3.05, 3.63) is 4.88 Å². The van der Waals surface area contributed by atoms with Crippen molar-refractivity contribution in [2.75, 3.05) is 37.9 Å². The van der Waals surface area contributed by atoms with Crippen LogP contribution < -0.4 is 20.7 Å². The average molecular weight is 283 g/mol. The van der Waals surface area contributed by atoms with Crippen molar-refractivity contribution in [2.45, 2.75) is 19.8 Å². The fraction of sp³-hybridized carbons (Fsp3) is 0.615. The second-order valence-corrected chi connectivity index (χ2v) is 5.93. The van der Waals surface area contributed by atoms with Crippen LogP contribution in [0.3, 0.4) is 0 Å². The highest BCUT2D eigenvalue weighted by molar-refractivity contribution is 7.19. The van der Waals surface area contributed by atoms with E-state index in [2.05, 4.69) is 17.1 Å². The van der Waals surface area contributed by atoms with Crippen LogP contribution >= 0.6 is 11.3 Å². The minimum absolute atomic E-state index is 0.155. The molecule has 1 aromatic rings. The number of rotatable bonds is 3. The van der Waals surface area contributed by atoms with Gasteiger partial charge in [0.05, 0.1) is 7.11 Å². The van der Waals surface area contributed by atoms with Crippen LogP contribution in [0, 0.1) is 5.92 Å². The summed E-state index contributed by atoms with van der Waals surface area (Å²) in [6.07, 6.45) is 2.33. The lowest BCUT2D eigenvalue weighted by Gasteiger charge is -2.31. The molecule has 0 unspecified atom stereocenters. The Morgan fingerprint density at radius 2 is 2.11 bits per heavy atom. The van der Waals surface area contributed by atoms with E-state index in [4.69, 9.17) is 10.5 Å². The minimum atomic E-state index is -0.155. The SMILES string of the molecule is CNC(=O)c1sc(N2CCC(C)CC2)c(OC)c1N. The van der Waals surface area contributed by atoms with Crippen LogP contribution in [0.5, 0.6) is 5.75 Å². The van der Waals surface area contributed by atoms with Gasteiger partial charge in [-0.1, -0.05) is 6.92 Å². The summed E-state index contributed by atoms with van der Waals surface area (Å²) in [5.41, 5.74) is 6.47. The van der Waals surface area contributed by atoms with Gasteiger partial charge in [-0.15, -0.1) is 11.3 Å². The molecular formula is C13H21N3O2S. The standard InChI is InChI=1S/C13H21N3O2S/c1-8-4-6-16(7-5-8)13-10(18-3)9(14)11(19-13)12(17)15-2/h8H,4-7,14H2,1-3H3,(H,15,17). The molecule has 0 bridgehead atoms. The van der Waals surface area contributed by atoms with E-state index in [0.29, 0.717) is 16.3 Å². The number of amides is 1. The fourth-order valence-corrected chi connectivity index (χ4v) is 3.50. The van der Waals surface area contributed by atoms with Crippen molar-refractivity contribution in [1.82, 2.24) is 5.32 Å². The summed E-state index contributed by atoms with van der Waals surface area (Å²) < 4.78 is 5.40. The molecular weight excluding hydrogens is 262 g/mol. The number of thiophene rings is 1. The lowest BCUT2D eigenvalue weighted by molar-refractivity contribution is 0.0967. The van der Waals surface area contributed by atoms with Gasteiger partial charge in [0.1, 0.15) is 15.6 Å². The third kappa shape index (κ3) is 2.63. The quantitative estimate of drug-likeness (QED) is 0.889. The molecule has 106 valence electrons. The van der Waals surface area contributed by atoms with E-state index in [1.807, 2.05) is 0 Å². The number of piperidine rings is 1. The molecule has 0 atom stereocenters. The van der Waals surface area contributed by atoms with Gasteiger partial charge >= 0.3 is 0 Å². The highest BCUT2D eigenvalue weighted by atomic mass is 32.1. The number of anilines is 2. The summed E-state index contributed by atoms with van der Waals surface area (Å²) in [4.78, 5) is 14.6. The Bertz CT molecular complexity index is 465. The molecule has 1 amide bonds. The first-order valence-corrected chi connectivity index (χ1v) is 7.33. The van der Waals surface area contributed by atoms with E-state index in [-0.39, 0.29) is 5.91 Å². The van der Waals surface area contributed by atoms with Crippen LogP contribution in [0.25, 0.3) is 0 Å². The summed E-state index contributed by atoms with van der Waals surface area (Å²) >= 11 is 1.42. The minimum Gasteiger partial charge on any atom is -0.492 e. The van der Waals surface area contributed by atoms with Crippen LogP contribution in [0.2, 0.25) is 0 Å². The Morgan fingerprint density at radius 1 is 1.47 bits per heavy atom. The number of hydrogen-bond donors (Lipinski definition) is 2. The molecule has 0 aliphatic carbocycles. The predicted molar refractivity (Wildman–Crippen MR) is 79.3 cm³/mol. The normalized spacial score (nSPS) is 16.5. The molecule has 5 nitrogen and oxygen atoms in total. The maximum Gasteiger partial charge on any atom is 0.263 e. The monoisotopic (exact) mass is 283 g/mol. The largest absolute Gasteiger partial charge is 0.492 e. The van der Waals surface area contributed by atoms with Crippen LogP contribution in [0.15, 0.2) is 0 Å². The van der Waals surface area contributed by atoms with Gasteiger partial charge < -0.3 is 20.7 Å². The maximum absolute atomic E-state index is 11.8. The summed E-state index contributed by atoms with van der Waals surface area (Å²) in [6, 6.07) is 0. The van der Waals surface area contributed by atoms with Gasteiger partial charge in [0, 0.05) is 20.1 Å². The van der Waals surface area contributed by atoms with Gasteiger partial charge in [0.25, 0.3) is 5.91 Å².